The molecule has 0 aliphatic carbocycles. The SMILES string of the molecule is COC(=O)c1c(N)c(C#N)cn1-c1c(OC)c(OC)cc2c1C(=O)OC2. The normalized spacial score (nSPS) is 12.2. The van der Waals surface area contributed by atoms with Crippen LogP contribution >= 0.6 is 0 Å². The molecule has 1 aliphatic rings. The number of anilines is 1. The van der Waals surface area contributed by atoms with E-state index in [1.807, 2.05) is 6.07 Å². The minimum Gasteiger partial charge on any atom is -0.493 e. The molecule has 134 valence electrons. The first kappa shape index (κ1) is 17.2. The number of hydrogen-bond acceptors (Lipinski definition) is 8. The van der Waals surface area contributed by atoms with Gasteiger partial charge in [-0.2, -0.15) is 5.26 Å². The molecule has 1 aliphatic heterocycles. The van der Waals surface area contributed by atoms with E-state index in [2.05, 4.69) is 0 Å². The number of nitrogens with two attached hydrogens (primary N) is 1. The number of aromatic nitrogens is 1. The third-order valence-electron chi connectivity index (χ3n) is 4.07. The molecule has 2 N–H and O–H groups in total. The van der Waals surface area contributed by atoms with Crippen molar-refractivity contribution in [1.82, 2.24) is 4.57 Å². The van der Waals surface area contributed by atoms with Gasteiger partial charge in [-0.3, -0.25) is 0 Å². The maximum Gasteiger partial charge on any atom is 0.357 e. The van der Waals surface area contributed by atoms with Gasteiger partial charge in [0.2, 0.25) is 0 Å². The van der Waals surface area contributed by atoms with Crippen molar-refractivity contribution in [3.05, 3.63) is 34.6 Å². The molecule has 26 heavy (non-hydrogen) atoms. The number of fused-ring (bicyclic) bond motifs is 1. The number of cyclic esters (lactones) is 1. The summed E-state index contributed by atoms with van der Waals surface area (Å²) in [4.78, 5) is 24.6. The number of ether oxygens (including phenoxy) is 4. The Labute approximate surface area is 148 Å². The zero-order valence-electron chi connectivity index (χ0n) is 14.3. The molecule has 1 aromatic carbocycles. The maximum absolute atomic E-state index is 12.3. The Bertz CT molecular complexity index is 970. The van der Waals surface area contributed by atoms with E-state index in [1.54, 1.807) is 6.07 Å². The van der Waals surface area contributed by atoms with Crippen molar-refractivity contribution in [2.75, 3.05) is 27.1 Å². The van der Waals surface area contributed by atoms with E-state index >= 15 is 0 Å². The first-order valence-corrected chi connectivity index (χ1v) is 7.43. The van der Waals surface area contributed by atoms with Gasteiger partial charge in [0.1, 0.15) is 18.4 Å². The molecule has 0 saturated carbocycles. The predicted octanol–water partition coefficient (Wildman–Crippen LogP) is 1.41. The van der Waals surface area contributed by atoms with Crippen LogP contribution in [0.15, 0.2) is 12.3 Å². The summed E-state index contributed by atoms with van der Waals surface area (Å²) in [5, 5.41) is 9.29. The van der Waals surface area contributed by atoms with E-state index < -0.39 is 11.9 Å². The molecule has 3 rings (SSSR count). The third kappa shape index (κ3) is 2.31. The zero-order chi connectivity index (χ0) is 19.0. The number of nitriles is 1. The number of nitrogens with zero attached hydrogens (tertiary/aromatic N) is 2. The van der Waals surface area contributed by atoms with Crippen LogP contribution in [0.25, 0.3) is 5.69 Å². The molecule has 2 heterocycles. The van der Waals surface area contributed by atoms with Crippen LogP contribution in [-0.2, 0) is 16.1 Å². The lowest BCUT2D eigenvalue weighted by Crippen LogP contribution is -2.14. The standard InChI is InChI=1S/C17H15N3O6/c1-23-10-4-8-7-26-16(21)11(8)13(15(10)24-2)20-6-9(5-18)12(19)14(20)17(22)25-3/h4,6H,7,19H2,1-3H3. The largest absolute Gasteiger partial charge is 0.493 e. The van der Waals surface area contributed by atoms with E-state index in [1.165, 1.54) is 32.1 Å². The number of methoxy groups -OCH3 is 3. The summed E-state index contributed by atoms with van der Waals surface area (Å²) in [6.07, 6.45) is 1.34. The number of esters is 2. The Morgan fingerprint density at radius 1 is 1.35 bits per heavy atom. The van der Waals surface area contributed by atoms with Crippen LogP contribution < -0.4 is 15.2 Å². The molecule has 0 fully saturated rings. The number of carbonyl (C=O) groups is 2. The monoisotopic (exact) mass is 357 g/mol. The highest BCUT2D eigenvalue weighted by Crippen LogP contribution is 2.43. The zero-order valence-corrected chi connectivity index (χ0v) is 14.3. The highest BCUT2D eigenvalue weighted by atomic mass is 16.5. The second-order valence-corrected chi connectivity index (χ2v) is 5.35. The lowest BCUT2D eigenvalue weighted by atomic mass is 10.1. The number of carbonyl (C=O) groups excluding carboxylic acids is 2. The highest BCUT2D eigenvalue weighted by Gasteiger charge is 2.34. The third-order valence-corrected chi connectivity index (χ3v) is 4.07. The van der Waals surface area contributed by atoms with Crippen molar-refractivity contribution in [2.24, 2.45) is 0 Å². The van der Waals surface area contributed by atoms with Gasteiger partial charge >= 0.3 is 11.9 Å². The Kier molecular flexibility index (Phi) is 4.18. The fraction of sp³-hybridized carbons (Fsp3) is 0.235. The Morgan fingerprint density at radius 3 is 2.65 bits per heavy atom. The second kappa shape index (κ2) is 6.33. The fourth-order valence-electron chi connectivity index (χ4n) is 2.91. The molecule has 2 aromatic rings. The van der Waals surface area contributed by atoms with Crippen LogP contribution in [-0.4, -0.2) is 37.8 Å². The van der Waals surface area contributed by atoms with Gasteiger partial charge in [0.25, 0.3) is 0 Å². The minimum absolute atomic E-state index is 0.0513. The van der Waals surface area contributed by atoms with Gasteiger partial charge in [0, 0.05) is 11.8 Å². The van der Waals surface area contributed by atoms with Crippen molar-refractivity contribution in [3.63, 3.8) is 0 Å². The number of benzene rings is 1. The molecule has 0 atom stereocenters. The van der Waals surface area contributed by atoms with E-state index in [0.717, 1.165) is 0 Å². The summed E-state index contributed by atoms with van der Waals surface area (Å²) in [5.74, 6) is -0.831. The lowest BCUT2D eigenvalue weighted by Gasteiger charge is -2.17. The van der Waals surface area contributed by atoms with Crippen LogP contribution in [0.2, 0.25) is 0 Å². The van der Waals surface area contributed by atoms with Gasteiger partial charge in [-0.1, -0.05) is 0 Å². The lowest BCUT2D eigenvalue weighted by molar-refractivity contribution is 0.0532. The highest BCUT2D eigenvalue weighted by molar-refractivity contribution is 6.01. The Morgan fingerprint density at radius 2 is 2.08 bits per heavy atom. The summed E-state index contributed by atoms with van der Waals surface area (Å²) in [5.41, 5.74) is 6.78. The maximum atomic E-state index is 12.3. The van der Waals surface area contributed by atoms with E-state index in [4.69, 9.17) is 24.7 Å². The Balaban J connectivity index is 2.45. The minimum atomic E-state index is -0.769. The average molecular weight is 357 g/mol. The molecule has 1 aromatic heterocycles. The van der Waals surface area contributed by atoms with Gasteiger partial charge < -0.3 is 29.2 Å². The van der Waals surface area contributed by atoms with Gasteiger partial charge in [0.15, 0.2) is 17.2 Å². The van der Waals surface area contributed by atoms with E-state index in [-0.39, 0.29) is 40.6 Å². The number of hydrogen-bond donors (Lipinski definition) is 1. The first-order valence-electron chi connectivity index (χ1n) is 7.43. The second-order valence-electron chi connectivity index (χ2n) is 5.35. The Hall–Kier alpha value is -3.67. The topological polar surface area (TPSA) is 126 Å². The van der Waals surface area contributed by atoms with Crippen molar-refractivity contribution in [3.8, 4) is 23.3 Å². The molecular formula is C17H15N3O6. The van der Waals surface area contributed by atoms with Gasteiger partial charge in [-0.15, -0.1) is 0 Å². The summed E-state index contributed by atoms with van der Waals surface area (Å²) < 4.78 is 21.9. The molecule has 9 heteroatoms. The number of nitrogen functional groups attached to an aromatic ring is 1. The summed E-state index contributed by atoms with van der Waals surface area (Å²) >= 11 is 0. The summed E-state index contributed by atoms with van der Waals surface area (Å²) in [6, 6.07) is 3.53. The molecule has 0 unspecified atom stereocenters. The molecular weight excluding hydrogens is 342 g/mol. The predicted molar refractivity (Wildman–Crippen MR) is 88.5 cm³/mol. The van der Waals surface area contributed by atoms with Gasteiger partial charge in [0.05, 0.1) is 38.1 Å². The van der Waals surface area contributed by atoms with Crippen molar-refractivity contribution in [2.45, 2.75) is 6.61 Å². The quantitative estimate of drug-likeness (QED) is 0.814. The van der Waals surface area contributed by atoms with Gasteiger partial charge in [-0.05, 0) is 6.07 Å². The van der Waals surface area contributed by atoms with Crippen LogP contribution in [0.4, 0.5) is 5.69 Å². The summed E-state index contributed by atoms with van der Waals surface area (Å²) in [7, 11) is 4.02. The van der Waals surface area contributed by atoms with Crippen LogP contribution in [0.5, 0.6) is 11.5 Å². The summed E-state index contributed by atoms with van der Waals surface area (Å²) in [6.45, 7) is 0.0525. The van der Waals surface area contributed by atoms with Gasteiger partial charge in [-0.25, -0.2) is 9.59 Å². The van der Waals surface area contributed by atoms with E-state index in [9.17, 15) is 14.9 Å². The molecule has 0 radical (unpaired) electrons. The average Bonchev–Trinajstić information content (AvgIpc) is 3.19. The van der Waals surface area contributed by atoms with Crippen molar-refractivity contribution in [1.29, 1.82) is 5.26 Å². The molecule has 0 saturated heterocycles. The van der Waals surface area contributed by atoms with Crippen LogP contribution in [0.3, 0.4) is 0 Å². The van der Waals surface area contributed by atoms with Crippen molar-refractivity contribution >= 4 is 17.6 Å². The van der Waals surface area contributed by atoms with Crippen molar-refractivity contribution < 1.29 is 28.5 Å². The molecule has 0 bridgehead atoms. The number of rotatable bonds is 4. The van der Waals surface area contributed by atoms with Crippen LogP contribution in [0.1, 0.15) is 32.0 Å². The molecule has 0 spiro atoms. The van der Waals surface area contributed by atoms with Crippen LogP contribution in [0, 0.1) is 11.3 Å². The fourth-order valence-corrected chi connectivity index (χ4v) is 2.91. The van der Waals surface area contributed by atoms with E-state index in [0.29, 0.717) is 11.3 Å². The molecule has 9 nitrogen and oxygen atoms in total. The smallest absolute Gasteiger partial charge is 0.357 e. The molecule has 0 amide bonds. The first-order chi connectivity index (χ1) is 12.5.